The highest BCUT2D eigenvalue weighted by Crippen LogP contribution is 2.06. The van der Waals surface area contributed by atoms with Gasteiger partial charge in [-0.25, -0.2) is 0 Å². The fraction of sp³-hybridized carbons (Fsp3) is 0.786. The van der Waals surface area contributed by atoms with Gasteiger partial charge in [-0.3, -0.25) is 9.59 Å². The van der Waals surface area contributed by atoms with Crippen LogP contribution in [0.1, 0.15) is 6.92 Å². The fourth-order valence-corrected chi connectivity index (χ4v) is 1.50. The molecule has 0 aromatic carbocycles. The third kappa shape index (κ3) is 9.39. The van der Waals surface area contributed by atoms with Gasteiger partial charge in [0.15, 0.2) is 12.1 Å². The monoisotopic (exact) mass is 402 g/mol. The van der Waals surface area contributed by atoms with Gasteiger partial charge in [0.2, 0.25) is 5.78 Å². The Bertz CT molecular complexity index is 456. The quantitative estimate of drug-likeness (QED) is 0.114. The van der Waals surface area contributed by atoms with Gasteiger partial charge < -0.3 is 55.9 Å². The molecule has 0 rings (SSSR count). The Balaban J connectivity index is 0. The molecule has 0 radical (unpaired) electrons. The van der Waals surface area contributed by atoms with Crippen molar-refractivity contribution in [3.63, 3.8) is 0 Å². The molecule has 0 spiro atoms. The number of aliphatic hydroxyl groups excluding tert-OH is 10. The first-order valence-corrected chi connectivity index (χ1v) is 7.53. The minimum Gasteiger partial charge on any atom is -0.394 e. The predicted octanol–water partition coefficient (Wildman–Crippen LogP) is -6.80. The van der Waals surface area contributed by atoms with Gasteiger partial charge in [0.1, 0.15) is 48.8 Å². The average molecular weight is 402 g/mol. The third-order valence-corrected chi connectivity index (χ3v) is 3.29. The van der Waals surface area contributed by atoms with Crippen LogP contribution in [0.15, 0.2) is 0 Å². The number of ketones is 2. The highest BCUT2D eigenvalue weighted by atomic mass is 16.4. The number of carbonyl (C=O) groups excluding carboxylic acids is 3. The van der Waals surface area contributed by atoms with Gasteiger partial charge in [0.25, 0.3) is 0 Å². The van der Waals surface area contributed by atoms with E-state index in [1.54, 1.807) is 0 Å². The first kappa shape index (κ1) is 27.8. The molecule has 0 aromatic rings. The summed E-state index contributed by atoms with van der Waals surface area (Å²) in [5.74, 6) is -2.25. The number of rotatable bonds is 11. The number of hydrogen-bond donors (Lipinski definition) is 10. The largest absolute Gasteiger partial charge is 0.394 e. The van der Waals surface area contributed by atoms with Crippen molar-refractivity contribution < 1.29 is 65.4 Å². The zero-order valence-electron chi connectivity index (χ0n) is 14.3. The highest BCUT2D eigenvalue weighted by molar-refractivity contribution is 6.38. The molecule has 27 heavy (non-hydrogen) atoms. The Kier molecular flexibility index (Phi) is 14.1. The van der Waals surface area contributed by atoms with Crippen LogP contribution in [0.3, 0.4) is 0 Å². The molecule has 10 N–H and O–H groups in total. The Morgan fingerprint density at radius 2 is 1.11 bits per heavy atom. The molecule has 0 aliphatic carbocycles. The van der Waals surface area contributed by atoms with Crippen molar-refractivity contribution in [2.24, 2.45) is 0 Å². The summed E-state index contributed by atoms with van der Waals surface area (Å²) in [6, 6.07) is 0. The van der Waals surface area contributed by atoms with E-state index in [1.165, 1.54) is 0 Å². The van der Waals surface area contributed by atoms with Crippen LogP contribution in [0.25, 0.3) is 0 Å². The summed E-state index contributed by atoms with van der Waals surface area (Å²) in [5.41, 5.74) is 0. The zero-order valence-corrected chi connectivity index (χ0v) is 14.3. The van der Waals surface area contributed by atoms with Crippen LogP contribution in [0.4, 0.5) is 0 Å². The van der Waals surface area contributed by atoms with E-state index < -0.39 is 73.6 Å². The normalized spacial score (nSPS) is 20.0. The maximum Gasteiger partial charge on any atom is 0.229 e. The molecule has 0 saturated carbocycles. The Morgan fingerprint density at radius 1 is 0.741 bits per heavy atom. The van der Waals surface area contributed by atoms with Gasteiger partial charge in [-0.2, -0.15) is 0 Å². The van der Waals surface area contributed by atoms with Crippen LogP contribution in [0.2, 0.25) is 0 Å². The van der Waals surface area contributed by atoms with E-state index in [2.05, 4.69) is 0 Å². The van der Waals surface area contributed by atoms with E-state index in [4.69, 9.17) is 51.1 Å². The number of aldehydes is 1. The van der Waals surface area contributed by atoms with Crippen molar-refractivity contribution in [3.8, 4) is 0 Å². The van der Waals surface area contributed by atoms with Crippen molar-refractivity contribution >= 4 is 17.9 Å². The summed E-state index contributed by atoms with van der Waals surface area (Å²) < 4.78 is 0. The van der Waals surface area contributed by atoms with E-state index in [1.807, 2.05) is 0 Å². The number of carbonyl (C=O) groups is 3. The van der Waals surface area contributed by atoms with Gasteiger partial charge in [0, 0.05) is 6.92 Å². The van der Waals surface area contributed by atoms with E-state index in [-0.39, 0.29) is 6.29 Å². The zero-order chi connectivity index (χ0) is 21.9. The van der Waals surface area contributed by atoms with Gasteiger partial charge in [-0.05, 0) is 0 Å². The molecule has 0 saturated heterocycles. The molecule has 8 unspecified atom stereocenters. The molecule has 0 aromatic heterocycles. The van der Waals surface area contributed by atoms with Crippen LogP contribution >= 0.6 is 0 Å². The lowest BCUT2D eigenvalue weighted by Gasteiger charge is -2.24. The van der Waals surface area contributed by atoms with E-state index in [0.29, 0.717) is 0 Å². The molecule has 0 fully saturated rings. The van der Waals surface area contributed by atoms with Crippen molar-refractivity contribution in [2.75, 3.05) is 13.2 Å². The minimum absolute atomic E-state index is 0.0258. The summed E-state index contributed by atoms with van der Waals surface area (Å²) >= 11 is 0. The maximum atomic E-state index is 10.9. The van der Waals surface area contributed by atoms with Crippen molar-refractivity contribution in [1.82, 2.24) is 0 Å². The SMILES string of the molecule is CC(=O)C(=O)C(O)C(O)C(O)C(O)CO.O=CC(O)C(O)C(O)C(O)CO. The molecule has 8 atom stereocenters. The first-order chi connectivity index (χ1) is 12.4. The van der Waals surface area contributed by atoms with Crippen LogP contribution in [0.5, 0.6) is 0 Å². The van der Waals surface area contributed by atoms with Crippen LogP contribution in [-0.4, -0.2) is 131 Å². The van der Waals surface area contributed by atoms with Crippen LogP contribution < -0.4 is 0 Å². The average Bonchev–Trinajstić information content (AvgIpc) is 2.68. The third-order valence-electron chi connectivity index (χ3n) is 3.29. The number of hydrogen-bond acceptors (Lipinski definition) is 13. The lowest BCUT2D eigenvalue weighted by molar-refractivity contribution is -0.153. The second-order valence-corrected chi connectivity index (χ2v) is 5.45. The first-order valence-electron chi connectivity index (χ1n) is 7.53. The fourth-order valence-electron chi connectivity index (χ4n) is 1.50. The topological polar surface area (TPSA) is 254 Å². The van der Waals surface area contributed by atoms with Crippen molar-refractivity contribution in [3.05, 3.63) is 0 Å². The Morgan fingerprint density at radius 3 is 1.41 bits per heavy atom. The number of aliphatic hydroxyl groups is 10. The van der Waals surface area contributed by atoms with E-state index in [9.17, 15) is 14.4 Å². The molecular formula is C14H26O13. The summed E-state index contributed by atoms with van der Waals surface area (Å²) in [4.78, 5) is 31.3. The van der Waals surface area contributed by atoms with Crippen LogP contribution in [0, 0.1) is 0 Å². The molecule has 0 aliphatic heterocycles. The van der Waals surface area contributed by atoms with Crippen LogP contribution in [-0.2, 0) is 14.4 Å². The Hall–Kier alpha value is -1.39. The molecule has 0 bridgehead atoms. The molecule has 13 nitrogen and oxygen atoms in total. The molecular weight excluding hydrogens is 376 g/mol. The molecule has 160 valence electrons. The second-order valence-electron chi connectivity index (χ2n) is 5.45. The summed E-state index contributed by atoms with van der Waals surface area (Å²) in [5, 5.41) is 88.2. The van der Waals surface area contributed by atoms with E-state index >= 15 is 0 Å². The molecule has 0 amide bonds. The maximum absolute atomic E-state index is 10.9. The predicted molar refractivity (Wildman–Crippen MR) is 84.0 cm³/mol. The number of Topliss-reactive ketones (excluding diaryl/α,β-unsaturated/α-hetero) is 2. The smallest absolute Gasteiger partial charge is 0.229 e. The van der Waals surface area contributed by atoms with Gasteiger partial charge >= 0.3 is 0 Å². The summed E-state index contributed by atoms with van der Waals surface area (Å²) in [7, 11) is 0. The summed E-state index contributed by atoms with van der Waals surface area (Å²) in [6.07, 6.45) is -14.6. The van der Waals surface area contributed by atoms with Gasteiger partial charge in [0.05, 0.1) is 13.2 Å². The van der Waals surface area contributed by atoms with E-state index in [0.717, 1.165) is 6.92 Å². The molecule has 0 heterocycles. The minimum atomic E-state index is -2.11. The van der Waals surface area contributed by atoms with Gasteiger partial charge in [-0.15, -0.1) is 0 Å². The van der Waals surface area contributed by atoms with Crippen molar-refractivity contribution in [1.29, 1.82) is 0 Å². The summed E-state index contributed by atoms with van der Waals surface area (Å²) in [6.45, 7) is -0.712. The molecule has 13 heteroatoms. The molecule has 0 aliphatic rings. The highest BCUT2D eigenvalue weighted by Gasteiger charge is 2.35. The standard InChI is InChI=1S/C8H14O7.C6H12O6/c1-3(10)5(12)7(14)8(15)6(13)4(11)2-9;7-1-3(9)5(11)6(12)4(10)2-8/h4,6-9,11,13-15H,2H2,1H3;1,3-6,8-12H,2H2. The lowest BCUT2D eigenvalue weighted by Crippen LogP contribution is -2.49. The van der Waals surface area contributed by atoms with Crippen molar-refractivity contribution in [2.45, 2.75) is 55.8 Å². The Labute approximate surface area is 153 Å². The van der Waals surface area contributed by atoms with Gasteiger partial charge in [-0.1, -0.05) is 0 Å². The second kappa shape index (κ2) is 13.7. The lowest BCUT2D eigenvalue weighted by atomic mass is 9.99.